The summed E-state index contributed by atoms with van der Waals surface area (Å²) in [5.41, 5.74) is 1.81. The van der Waals surface area contributed by atoms with Gasteiger partial charge in [-0.05, 0) is 56.7 Å². The van der Waals surface area contributed by atoms with Crippen molar-refractivity contribution in [2.75, 3.05) is 11.4 Å². The van der Waals surface area contributed by atoms with E-state index in [0.717, 1.165) is 48.9 Å². The molecule has 0 radical (unpaired) electrons. The normalized spacial score (nSPS) is 19.7. The number of aryl methyl sites for hydroxylation is 1. The van der Waals surface area contributed by atoms with Crippen LogP contribution in [0.25, 0.3) is 10.9 Å². The van der Waals surface area contributed by atoms with Crippen LogP contribution >= 0.6 is 0 Å². The highest BCUT2D eigenvalue weighted by molar-refractivity contribution is 5.77. The lowest BCUT2D eigenvalue weighted by molar-refractivity contribution is 0.524. The number of fused-ring (bicyclic) bond motifs is 1. The van der Waals surface area contributed by atoms with Crippen LogP contribution in [-0.2, 0) is 6.54 Å². The van der Waals surface area contributed by atoms with Gasteiger partial charge in [0.1, 0.15) is 5.82 Å². The van der Waals surface area contributed by atoms with Crippen molar-refractivity contribution in [2.45, 2.75) is 45.2 Å². The van der Waals surface area contributed by atoms with Crippen LogP contribution in [0.15, 0.2) is 41.3 Å². The predicted octanol–water partition coefficient (Wildman–Crippen LogP) is 3.25. The summed E-state index contributed by atoms with van der Waals surface area (Å²) in [7, 11) is 0. The van der Waals surface area contributed by atoms with Crippen LogP contribution in [-0.4, -0.2) is 26.1 Å². The second-order valence-electron chi connectivity index (χ2n) is 7.70. The molecule has 1 aliphatic heterocycles. The summed E-state index contributed by atoms with van der Waals surface area (Å²) in [4.78, 5) is 29.5. The van der Waals surface area contributed by atoms with Gasteiger partial charge in [-0.2, -0.15) is 0 Å². The van der Waals surface area contributed by atoms with Crippen molar-refractivity contribution in [2.24, 2.45) is 5.92 Å². The number of anilines is 1. The number of para-hydroxylation sites is 1. The molecule has 2 aliphatic rings. The zero-order valence-corrected chi connectivity index (χ0v) is 15.5. The van der Waals surface area contributed by atoms with E-state index >= 15 is 0 Å². The highest BCUT2D eigenvalue weighted by Gasteiger charge is 2.33. The first kappa shape index (κ1) is 16.4. The fourth-order valence-corrected chi connectivity index (χ4v) is 4.02. The van der Waals surface area contributed by atoms with E-state index in [-0.39, 0.29) is 11.6 Å². The van der Waals surface area contributed by atoms with Gasteiger partial charge in [0.05, 0.1) is 16.9 Å². The van der Waals surface area contributed by atoms with E-state index in [1.165, 1.54) is 12.8 Å². The van der Waals surface area contributed by atoms with Crippen LogP contribution < -0.4 is 10.5 Å². The second kappa shape index (κ2) is 6.44. The predicted molar refractivity (Wildman–Crippen MR) is 105 cm³/mol. The summed E-state index contributed by atoms with van der Waals surface area (Å²) in [6.45, 7) is 3.64. The number of benzene rings is 1. The third-order valence-corrected chi connectivity index (χ3v) is 5.62. The van der Waals surface area contributed by atoms with Crippen molar-refractivity contribution in [1.82, 2.24) is 19.5 Å². The van der Waals surface area contributed by atoms with Gasteiger partial charge in [-0.3, -0.25) is 9.36 Å². The van der Waals surface area contributed by atoms with Gasteiger partial charge in [0.15, 0.2) is 0 Å². The van der Waals surface area contributed by atoms with Crippen LogP contribution in [0.2, 0.25) is 0 Å². The van der Waals surface area contributed by atoms with E-state index in [9.17, 15) is 4.79 Å². The highest BCUT2D eigenvalue weighted by Crippen LogP contribution is 2.36. The highest BCUT2D eigenvalue weighted by atomic mass is 16.1. The molecule has 6 nitrogen and oxygen atoms in total. The van der Waals surface area contributed by atoms with Crippen LogP contribution in [0.5, 0.6) is 0 Å². The van der Waals surface area contributed by atoms with Gasteiger partial charge in [0, 0.05) is 25.0 Å². The first-order valence-electron chi connectivity index (χ1n) is 9.76. The Hall–Kier alpha value is -2.76. The summed E-state index contributed by atoms with van der Waals surface area (Å²) >= 11 is 0. The van der Waals surface area contributed by atoms with E-state index in [1.54, 1.807) is 6.20 Å². The van der Waals surface area contributed by atoms with Crippen molar-refractivity contribution < 1.29 is 0 Å². The van der Waals surface area contributed by atoms with Gasteiger partial charge in [-0.1, -0.05) is 12.1 Å². The molecule has 0 amide bonds. The Kier molecular flexibility index (Phi) is 3.92. The van der Waals surface area contributed by atoms with E-state index in [1.807, 2.05) is 41.8 Å². The number of nitrogens with zero attached hydrogens (tertiary/aromatic N) is 5. The van der Waals surface area contributed by atoms with Gasteiger partial charge in [0.2, 0.25) is 5.95 Å². The molecule has 138 valence electrons. The van der Waals surface area contributed by atoms with Crippen molar-refractivity contribution in [3.63, 3.8) is 0 Å². The Morgan fingerprint density at radius 2 is 1.96 bits per heavy atom. The molecule has 1 atom stereocenters. The maximum Gasteiger partial charge on any atom is 0.261 e. The second-order valence-corrected chi connectivity index (χ2v) is 7.70. The average molecular weight is 361 g/mol. The lowest BCUT2D eigenvalue weighted by atomic mass is 10.1. The molecule has 1 saturated heterocycles. The Morgan fingerprint density at radius 3 is 2.78 bits per heavy atom. The minimum atomic E-state index is 0.0443. The molecular formula is C21H23N5O. The zero-order chi connectivity index (χ0) is 18.4. The molecule has 1 unspecified atom stereocenters. The third-order valence-electron chi connectivity index (χ3n) is 5.62. The molecule has 2 fully saturated rings. The number of aromatic nitrogens is 4. The van der Waals surface area contributed by atoms with Crippen molar-refractivity contribution >= 4 is 16.9 Å². The van der Waals surface area contributed by atoms with Crippen molar-refractivity contribution in [3.8, 4) is 0 Å². The molecule has 5 rings (SSSR count). The Balaban J connectivity index is 1.65. The summed E-state index contributed by atoms with van der Waals surface area (Å²) < 4.78 is 1.93. The molecular weight excluding hydrogens is 338 g/mol. The first-order valence-corrected chi connectivity index (χ1v) is 9.76. The number of hydrogen-bond acceptors (Lipinski definition) is 5. The maximum absolute atomic E-state index is 13.2. The van der Waals surface area contributed by atoms with Crippen LogP contribution in [0.4, 0.5) is 5.95 Å². The molecule has 27 heavy (non-hydrogen) atoms. The molecule has 2 aromatic heterocycles. The van der Waals surface area contributed by atoms with Gasteiger partial charge < -0.3 is 4.90 Å². The van der Waals surface area contributed by atoms with E-state index in [4.69, 9.17) is 4.98 Å². The smallest absolute Gasteiger partial charge is 0.261 e. The van der Waals surface area contributed by atoms with Gasteiger partial charge >= 0.3 is 0 Å². The topological polar surface area (TPSA) is 63.9 Å². The standard InChI is InChI=1S/C21H23N5O/c1-14-10-11-22-21(23-14)25-12-4-7-18(25)19-24-17-6-3-2-5-16(17)20(27)26(19)13-15-8-9-15/h2-3,5-6,10-11,15,18H,4,7-9,12-13H2,1H3. The number of hydrogen-bond donors (Lipinski definition) is 0. The zero-order valence-electron chi connectivity index (χ0n) is 15.5. The lowest BCUT2D eigenvalue weighted by Gasteiger charge is -2.26. The Morgan fingerprint density at radius 1 is 1.11 bits per heavy atom. The molecule has 0 N–H and O–H groups in total. The van der Waals surface area contributed by atoms with Gasteiger partial charge in [-0.15, -0.1) is 0 Å². The molecule has 3 heterocycles. The molecule has 6 heteroatoms. The fraction of sp³-hybridized carbons (Fsp3) is 0.429. The molecule has 0 bridgehead atoms. The maximum atomic E-state index is 13.2. The van der Waals surface area contributed by atoms with Gasteiger partial charge in [-0.25, -0.2) is 15.0 Å². The third kappa shape index (κ3) is 2.99. The van der Waals surface area contributed by atoms with Gasteiger partial charge in [0.25, 0.3) is 5.56 Å². The first-order chi connectivity index (χ1) is 13.2. The molecule has 1 aliphatic carbocycles. The minimum absolute atomic E-state index is 0.0443. The van der Waals surface area contributed by atoms with Crippen molar-refractivity contribution in [3.05, 3.63) is 58.4 Å². The Labute approximate surface area is 157 Å². The summed E-state index contributed by atoms with van der Waals surface area (Å²) in [5.74, 6) is 2.21. The molecule has 1 saturated carbocycles. The van der Waals surface area contributed by atoms with Crippen LogP contribution in [0.3, 0.4) is 0 Å². The quantitative estimate of drug-likeness (QED) is 0.714. The summed E-state index contributed by atoms with van der Waals surface area (Å²) in [5, 5.41) is 0.707. The van der Waals surface area contributed by atoms with E-state index < -0.39 is 0 Å². The van der Waals surface area contributed by atoms with Crippen molar-refractivity contribution in [1.29, 1.82) is 0 Å². The summed E-state index contributed by atoms with van der Waals surface area (Å²) in [6.07, 6.45) is 6.22. The molecule has 1 aromatic carbocycles. The lowest BCUT2D eigenvalue weighted by Crippen LogP contribution is -2.33. The minimum Gasteiger partial charge on any atom is -0.331 e. The van der Waals surface area contributed by atoms with Crippen LogP contribution in [0, 0.1) is 12.8 Å². The summed E-state index contributed by atoms with van der Waals surface area (Å²) in [6, 6.07) is 9.63. The average Bonchev–Trinajstić information content (AvgIpc) is 3.36. The number of rotatable bonds is 4. The SMILES string of the molecule is Cc1ccnc(N2CCCC2c2nc3ccccc3c(=O)n2CC2CC2)n1. The van der Waals surface area contributed by atoms with Crippen LogP contribution in [0.1, 0.15) is 43.2 Å². The Bertz CT molecular complexity index is 1060. The largest absolute Gasteiger partial charge is 0.331 e. The molecule has 0 spiro atoms. The van der Waals surface area contributed by atoms with E-state index in [0.29, 0.717) is 11.3 Å². The molecule has 3 aromatic rings. The monoisotopic (exact) mass is 361 g/mol. The van der Waals surface area contributed by atoms with E-state index in [2.05, 4.69) is 14.9 Å². The fourth-order valence-electron chi connectivity index (χ4n) is 4.02.